The Morgan fingerprint density at radius 3 is 2.67 bits per heavy atom. The predicted octanol–water partition coefficient (Wildman–Crippen LogP) is 4.67. The Balaban J connectivity index is 1.33. The van der Waals surface area contributed by atoms with Crippen LogP contribution in [0.3, 0.4) is 0 Å². The van der Waals surface area contributed by atoms with Crippen LogP contribution in [0.1, 0.15) is 62.0 Å². The summed E-state index contributed by atoms with van der Waals surface area (Å²) in [5.41, 5.74) is 2.45. The standard InChI is InChI=1S/C29H38N4O3/c1-21-10-12-23(13-11-21)30-28(35)29(2)20-32-24-14-17-36-26(24)18-25(32)27(34)33(29)16-7-15-31(3)19-22-8-5-4-6-9-22/h4-6,8-9,14,17-18,21,23H,7,10-13,15-16,19-20H2,1-3H3,(H,30,35)/t21?,23?,29-/m0/s1. The van der Waals surface area contributed by atoms with Gasteiger partial charge >= 0.3 is 0 Å². The molecule has 1 aromatic carbocycles. The van der Waals surface area contributed by atoms with Gasteiger partial charge in [0, 0.05) is 31.3 Å². The number of nitrogens with one attached hydrogen (secondary N) is 1. The van der Waals surface area contributed by atoms with Crippen LogP contribution >= 0.6 is 0 Å². The molecule has 1 aliphatic heterocycles. The van der Waals surface area contributed by atoms with E-state index in [0.717, 1.165) is 50.7 Å². The monoisotopic (exact) mass is 490 g/mol. The van der Waals surface area contributed by atoms with Gasteiger partial charge in [-0.05, 0) is 64.1 Å². The van der Waals surface area contributed by atoms with Crippen LogP contribution in [0.2, 0.25) is 0 Å². The van der Waals surface area contributed by atoms with Gasteiger partial charge in [0.15, 0.2) is 5.58 Å². The number of furan rings is 1. The molecule has 0 radical (unpaired) electrons. The van der Waals surface area contributed by atoms with Gasteiger partial charge in [-0.1, -0.05) is 37.3 Å². The highest BCUT2D eigenvalue weighted by atomic mass is 16.3. The minimum atomic E-state index is -0.964. The third-order valence-corrected chi connectivity index (χ3v) is 8.11. The molecule has 36 heavy (non-hydrogen) atoms. The number of benzene rings is 1. The van der Waals surface area contributed by atoms with Gasteiger partial charge < -0.3 is 24.1 Å². The van der Waals surface area contributed by atoms with Crippen molar-refractivity contribution >= 4 is 22.9 Å². The molecule has 2 amide bonds. The number of fused-ring (bicyclic) bond motifs is 3. The summed E-state index contributed by atoms with van der Waals surface area (Å²) in [6.45, 7) is 6.84. The minimum absolute atomic E-state index is 0.0518. The summed E-state index contributed by atoms with van der Waals surface area (Å²) in [6, 6.07) is 14.3. The Labute approximate surface area is 213 Å². The quantitative estimate of drug-likeness (QED) is 0.498. The van der Waals surface area contributed by atoms with Crippen molar-refractivity contribution in [2.75, 3.05) is 20.1 Å². The number of nitrogens with zero attached hydrogens (tertiary/aromatic N) is 3. The number of carbonyl (C=O) groups is 2. The average Bonchev–Trinajstić information content (AvgIpc) is 3.46. The van der Waals surface area contributed by atoms with Crippen molar-refractivity contribution in [2.45, 2.75) is 70.6 Å². The zero-order valence-electron chi connectivity index (χ0n) is 21.7. The van der Waals surface area contributed by atoms with Crippen molar-refractivity contribution in [3.8, 4) is 0 Å². The van der Waals surface area contributed by atoms with E-state index in [0.29, 0.717) is 30.3 Å². The number of aromatic nitrogens is 1. The first kappa shape index (κ1) is 24.6. The van der Waals surface area contributed by atoms with Crippen molar-refractivity contribution in [3.63, 3.8) is 0 Å². The molecule has 0 unspecified atom stereocenters. The number of carbonyl (C=O) groups excluding carboxylic acids is 2. The fourth-order valence-corrected chi connectivity index (χ4v) is 5.84. The molecule has 2 aliphatic rings. The van der Waals surface area contributed by atoms with E-state index >= 15 is 0 Å². The molecular weight excluding hydrogens is 452 g/mol. The molecule has 7 nitrogen and oxygen atoms in total. The largest absolute Gasteiger partial charge is 0.463 e. The van der Waals surface area contributed by atoms with Gasteiger partial charge in [-0.2, -0.15) is 0 Å². The van der Waals surface area contributed by atoms with Crippen molar-refractivity contribution in [1.82, 2.24) is 19.7 Å². The summed E-state index contributed by atoms with van der Waals surface area (Å²) in [7, 11) is 2.10. The van der Waals surface area contributed by atoms with Crippen molar-refractivity contribution in [3.05, 3.63) is 60.0 Å². The predicted molar refractivity (Wildman–Crippen MR) is 141 cm³/mol. The molecular formula is C29H38N4O3. The lowest BCUT2D eigenvalue weighted by Crippen LogP contribution is -2.65. The first-order valence-corrected chi connectivity index (χ1v) is 13.3. The highest BCUT2D eigenvalue weighted by Crippen LogP contribution is 2.33. The van der Waals surface area contributed by atoms with E-state index in [-0.39, 0.29) is 17.9 Å². The van der Waals surface area contributed by atoms with Crippen LogP contribution in [0.4, 0.5) is 0 Å². The average molecular weight is 491 g/mol. The highest BCUT2D eigenvalue weighted by Gasteiger charge is 2.48. The van der Waals surface area contributed by atoms with Crippen LogP contribution in [0, 0.1) is 5.92 Å². The van der Waals surface area contributed by atoms with E-state index in [1.165, 1.54) is 5.56 Å². The molecule has 0 bridgehead atoms. The van der Waals surface area contributed by atoms with Gasteiger partial charge in [-0.3, -0.25) is 9.59 Å². The molecule has 1 N–H and O–H groups in total. The van der Waals surface area contributed by atoms with Gasteiger partial charge in [0.25, 0.3) is 5.91 Å². The van der Waals surface area contributed by atoms with Crippen LogP contribution in [0.25, 0.3) is 11.1 Å². The fraction of sp³-hybridized carbons (Fsp3) is 0.517. The number of hydrogen-bond donors (Lipinski definition) is 1. The number of amides is 2. The molecule has 192 valence electrons. The van der Waals surface area contributed by atoms with Crippen LogP contribution in [-0.2, 0) is 17.9 Å². The Bertz CT molecular complexity index is 1210. The summed E-state index contributed by atoms with van der Waals surface area (Å²) >= 11 is 0. The molecule has 1 fully saturated rings. The maximum Gasteiger partial charge on any atom is 0.271 e. The topological polar surface area (TPSA) is 70.7 Å². The Hall–Kier alpha value is -3.06. The van der Waals surface area contributed by atoms with E-state index in [1.807, 2.05) is 29.7 Å². The first-order valence-electron chi connectivity index (χ1n) is 13.3. The summed E-state index contributed by atoms with van der Waals surface area (Å²) < 4.78 is 7.54. The van der Waals surface area contributed by atoms with Gasteiger partial charge in [-0.25, -0.2) is 0 Å². The van der Waals surface area contributed by atoms with E-state index in [1.54, 1.807) is 11.2 Å². The van der Waals surface area contributed by atoms with Crippen molar-refractivity contribution < 1.29 is 14.0 Å². The first-order chi connectivity index (χ1) is 17.3. The van der Waals surface area contributed by atoms with Crippen LogP contribution in [0.5, 0.6) is 0 Å². The maximum absolute atomic E-state index is 13.8. The molecule has 1 atom stereocenters. The third-order valence-electron chi connectivity index (χ3n) is 8.11. The van der Waals surface area contributed by atoms with Crippen LogP contribution in [-0.4, -0.2) is 57.9 Å². The smallest absolute Gasteiger partial charge is 0.271 e. The van der Waals surface area contributed by atoms with E-state index in [2.05, 4.69) is 48.5 Å². The lowest BCUT2D eigenvalue weighted by Gasteiger charge is -2.45. The molecule has 1 aliphatic carbocycles. The van der Waals surface area contributed by atoms with E-state index in [9.17, 15) is 9.59 Å². The molecule has 3 aromatic rings. The SMILES string of the molecule is CC1CCC(NC(=O)[C@]2(C)Cn3c(cc4occc43)C(=O)N2CCCN(C)Cc2ccccc2)CC1. The van der Waals surface area contributed by atoms with Gasteiger partial charge in [0.2, 0.25) is 5.91 Å². The minimum Gasteiger partial charge on any atom is -0.463 e. The number of rotatable bonds is 8. The summed E-state index contributed by atoms with van der Waals surface area (Å²) in [5, 5.41) is 3.32. The molecule has 3 heterocycles. The van der Waals surface area contributed by atoms with Crippen LogP contribution < -0.4 is 5.32 Å². The summed E-state index contributed by atoms with van der Waals surface area (Å²) in [5.74, 6) is 0.559. The Morgan fingerprint density at radius 1 is 1.17 bits per heavy atom. The molecule has 0 saturated heterocycles. The molecule has 1 saturated carbocycles. The maximum atomic E-state index is 13.8. The third kappa shape index (κ3) is 4.81. The zero-order valence-corrected chi connectivity index (χ0v) is 21.7. The fourth-order valence-electron chi connectivity index (χ4n) is 5.84. The zero-order chi connectivity index (χ0) is 25.3. The summed E-state index contributed by atoms with van der Waals surface area (Å²) in [6.07, 6.45) is 6.70. The second kappa shape index (κ2) is 10.1. The normalized spacial score (nSPS) is 24.3. The lowest BCUT2D eigenvalue weighted by molar-refractivity contribution is -0.133. The van der Waals surface area contributed by atoms with Gasteiger partial charge in [0.1, 0.15) is 11.2 Å². The van der Waals surface area contributed by atoms with Gasteiger partial charge in [0.05, 0.1) is 18.3 Å². The van der Waals surface area contributed by atoms with Crippen molar-refractivity contribution in [1.29, 1.82) is 0 Å². The van der Waals surface area contributed by atoms with E-state index in [4.69, 9.17) is 4.42 Å². The lowest BCUT2D eigenvalue weighted by atomic mass is 9.86. The second-order valence-corrected chi connectivity index (χ2v) is 11.0. The second-order valence-electron chi connectivity index (χ2n) is 11.0. The molecule has 5 rings (SSSR count). The highest BCUT2D eigenvalue weighted by molar-refractivity contribution is 6.02. The molecule has 0 spiro atoms. The summed E-state index contributed by atoms with van der Waals surface area (Å²) in [4.78, 5) is 31.7. The Kier molecular flexibility index (Phi) is 6.93. The molecule has 7 heteroatoms. The number of hydrogen-bond acceptors (Lipinski definition) is 4. The van der Waals surface area contributed by atoms with Gasteiger partial charge in [-0.15, -0.1) is 0 Å². The van der Waals surface area contributed by atoms with Crippen LogP contribution in [0.15, 0.2) is 53.1 Å². The van der Waals surface area contributed by atoms with Crippen molar-refractivity contribution in [2.24, 2.45) is 5.92 Å². The Morgan fingerprint density at radius 2 is 1.92 bits per heavy atom. The van der Waals surface area contributed by atoms with E-state index < -0.39 is 5.54 Å². The molecule has 2 aromatic heterocycles.